The number of guanidine groups is 8. The fourth-order valence-electron chi connectivity index (χ4n) is 14.8. The van der Waals surface area contributed by atoms with Gasteiger partial charge in [-0.1, -0.05) is 0 Å². The SMILES string of the molecule is CC1CN=C(N(C)C)CC(N(C)CCc2ccc[nH]2)=N1.CC1CN=C(N(C)C)NC(N(C)CCc2ccco2)=N1.CC1CN=C(N)CC(=NCCc2ccc[nH]2)N1.CC1CN=C(N)CC(N(C)CCc2ccc[nH]2)=N1.CC1CN=C(N)NC(=NCCc2ccco2)N1.CC1CN=C(N)NC(N(C)CCc2ccco2)=N1.CC1N=C(N)CC(=NCCc2ccc[nH]2)NC1C.CC1N=C(N)NC(=NCCc2ccco2)NC1C. The third-order valence-electron chi connectivity index (χ3n) is 23.6. The van der Waals surface area contributed by atoms with Crippen LogP contribution >= 0.6 is 0 Å². The average molecular weight is 2010 g/mol. The number of nitrogens with zero attached hydrogens (tertiary/aromatic N) is 22. The molecule has 8 aliphatic rings. The first-order valence-electron chi connectivity index (χ1n) is 50.5. The number of nitrogens with two attached hydrogens (primary N) is 6. The Labute approximate surface area is 861 Å². The minimum Gasteiger partial charge on any atom is -0.469 e. The molecule has 0 saturated carbocycles. The highest BCUT2D eigenvalue weighted by atomic mass is 16.3. The third-order valence-corrected chi connectivity index (χ3v) is 23.6. The van der Waals surface area contributed by atoms with Crippen molar-refractivity contribution in [2.45, 2.75) is 207 Å². The van der Waals surface area contributed by atoms with Crippen LogP contribution in [0.4, 0.5) is 0 Å². The van der Waals surface area contributed by atoms with Gasteiger partial charge in [-0.2, -0.15) is 0 Å². The summed E-state index contributed by atoms with van der Waals surface area (Å²) in [5.74, 6) is 16.0. The van der Waals surface area contributed by atoms with Crippen LogP contribution in [-0.4, -0.2) is 352 Å². The van der Waals surface area contributed by atoms with E-state index in [1.54, 1.807) is 25.1 Å². The number of aromatic nitrogens is 4. The lowest BCUT2D eigenvalue weighted by Crippen LogP contribution is -2.47. The van der Waals surface area contributed by atoms with Crippen LogP contribution < -0.4 is 76.9 Å². The normalized spacial score (nSPS) is 21.8. The molecule has 10 atom stereocenters. The van der Waals surface area contributed by atoms with Gasteiger partial charge in [0.25, 0.3) is 0 Å². The number of nitrogens with one attached hydrogen (secondary N) is 12. The van der Waals surface area contributed by atoms with E-state index in [0.717, 1.165) is 180 Å². The molecule has 8 aliphatic heterocycles. The third kappa shape index (κ3) is 44.0. The van der Waals surface area contributed by atoms with Gasteiger partial charge in [-0.15, -0.1) is 0 Å². The molecule has 44 nitrogen and oxygen atoms in total. The highest BCUT2D eigenvalue weighted by Gasteiger charge is 2.25. The molecule has 8 aromatic rings. The predicted molar refractivity (Wildman–Crippen MR) is 596 cm³/mol. The Bertz CT molecular complexity index is 5200. The first kappa shape index (κ1) is 115. The van der Waals surface area contributed by atoms with E-state index in [2.05, 4.69) is 244 Å². The van der Waals surface area contributed by atoms with Crippen LogP contribution in [0, 0.1) is 0 Å². The lowest BCUT2D eigenvalue weighted by molar-refractivity contribution is 0.442. The minimum absolute atomic E-state index is 0.121. The van der Waals surface area contributed by atoms with E-state index in [-0.39, 0.29) is 54.4 Å². The molecule has 146 heavy (non-hydrogen) atoms. The van der Waals surface area contributed by atoms with Gasteiger partial charge in [0.1, 0.15) is 69.7 Å². The molecule has 796 valence electrons. The highest BCUT2D eigenvalue weighted by Crippen LogP contribution is 2.15. The van der Waals surface area contributed by atoms with Gasteiger partial charge >= 0.3 is 0 Å². The van der Waals surface area contributed by atoms with Crippen LogP contribution in [0.15, 0.2) is 244 Å². The Kier molecular flexibility index (Phi) is 48.5. The number of hydrogen-bond acceptors (Lipinski definition) is 34. The number of rotatable bonds is 24. The summed E-state index contributed by atoms with van der Waals surface area (Å²) in [6.45, 7) is 31.2. The number of hydrogen-bond donors (Lipinski definition) is 18. The van der Waals surface area contributed by atoms with Gasteiger partial charge in [-0.3, -0.25) is 86.2 Å². The van der Waals surface area contributed by atoms with Crippen molar-refractivity contribution in [1.82, 2.24) is 91.9 Å². The largest absolute Gasteiger partial charge is 0.469 e. The Morgan fingerprint density at radius 1 is 0.308 bits per heavy atom. The smallest absolute Gasteiger partial charge is 0.200 e. The van der Waals surface area contributed by atoms with Gasteiger partial charge in [0, 0.05) is 232 Å². The van der Waals surface area contributed by atoms with Crippen LogP contribution in [0.2, 0.25) is 0 Å². The van der Waals surface area contributed by atoms with Crippen LogP contribution in [0.1, 0.15) is 141 Å². The monoisotopic (exact) mass is 2010 g/mol. The molecule has 16 rings (SSSR count). The number of aliphatic imine (C=N–C) groups is 16. The van der Waals surface area contributed by atoms with Crippen molar-refractivity contribution < 1.29 is 17.7 Å². The maximum atomic E-state index is 5.87. The molecule has 0 spiro atoms. The van der Waals surface area contributed by atoms with Gasteiger partial charge in [-0.05, 0) is 166 Å². The second kappa shape index (κ2) is 61.8. The summed E-state index contributed by atoms with van der Waals surface area (Å²) in [5, 5.41) is 25.4. The van der Waals surface area contributed by atoms with Crippen molar-refractivity contribution in [3.05, 3.63) is 193 Å². The number of likely N-dealkylation sites (N-methyl/N-ethyl adjacent to an activating group) is 4. The summed E-state index contributed by atoms with van der Waals surface area (Å²) in [5.41, 5.74) is 39.5. The molecule has 10 unspecified atom stereocenters. The fraction of sp³-hybridized carbons (Fsp3) is 0.529. The average Bonchev–Trinajstić information content (AvgIpc) is 1.75. The molecule has 0 radical (unpaired) electrons. The van der Waals surface area contributed by atoms with Crippen molar-refractivity contribution in [1.29, 1.82) is 0 Å². The molecular weight excluding hydrogens is 1850 g/mol. The molecule has 8 aromatic heterocycles. The molecular formula is C102H164N40O4. The van der Waals surface area contributed by atoms with Crippen molar-refractivity contribution in [2.24, 2.45) is 114 Å². The van der Waals surface area contributed by atoms with Crippen molar-refractivity contribution in [2.75, 3.05) is 148 Å². The Balaban J connectivity index is 0.000000186. The summed E-state index contributed by atoms with van der Waals surface area (Å²) in [4.78, 5) is 96.7. The van der Waals surface area contributed by atoms with Crippen LogP contribution in [0.3, 0.4) is 0 Å². The van der Waals surface area contributed by atoms with E-state index >= 15 is 0 Å². The first-order valence-corrected chi connectivity index (χ1v) is 50.5. The number of H-pyrrole nitrogens is 4. The zero-order valence-electron chi connectivity index (χ0n) is 89.0. The van der Waals surface area contributed by atoms with E-state index in [4.69, 9.17) is 57.1 Å². The molecule has 0 aromatic carbocycles. The van der Waals surface area contributed by atoms with E-state index in [1.807, 2.05) is 170 Å². The van der Waals surface area contributed by atoms with E-state index in [1.165, 1.54) is 22.8 Å². The fourth-order valence-corrected chi connectivity index (χ4v) is 14.8. The zero-order chi connectivity index (χ0) is 105. The van der Waals surface area contributed by atoms with Crippen LogP contribution in [0.5, 0.6) is 0 Å². The summed E-state index contributed by atoms with van der Waals surface area (Å²) in [6, 6.07) is 33.9. The summed E-state index contributed by atoms with van der Waals surface area (Å²) in [6.07, 6.45) is 24.3. The van der Waals surface area contributed by atoms with Gasteiger partial charge < -0.3 is 123 Å². The second-order valence-corrected chi connectivity index (χ2v) is 37.4. The lowest BCUT2D eigenvalue weighted by atomic mass is 10.2. The Morgan fingerprint density at radius 2 is 0.692 bits per heavy atom. The molecule has 0 amide bonds. The predicted octanol–water partition coefficient (Wildman–Crippen LogP) is 6.43. The molecule has 0 fully saturated rings. The van der Waals surface area contributed by atoms with Crippen molar-refractivity contribution in [3.63, 3.8) is 0 Å². The van der Waals surface area contributed by atoms with Gasteiger partial charge in [0.2, 0.25) is 11.9 Å². The summed E-state index contributed by atoms with van der Waals surface area (Å²) in [7, 11) is 16.2. The molecule has 0 aliphatic carbocycles. The molecule has 0 bridgehead atoms. The van der Waals surface area contributed by atoms with Crippen LogP contribution in [-0.2, 0) is 51.4 Å². The number of aromatic amines is 4. The zero-order valence-corrected chi connectivity index (χ0v) is 89.0. The van der Waals surface area contributed by atoms with Gasteiger partial charge in [-0.25, -0.2) is 15.0 Å². The van der Waals surface area contributed by atoms with Crippen molar-refractivity contribution >= 4 is 94.4 Å². The second-order valence-electron chi connectivity index (χ2n) is 37.4. The molecule has 24 N–H and O–H groups in total. The summed E-state index contributed by atoms with van der Waals surface area (Å²) >= 11 is 0. The Hall–Kier alpha value is -15.0. The summed E-state index contributed by atoms with van der Waals surface area (Å²) < 4.78 is 21.1. The molecule has 16 heterocycles. The van der Waals surface area contributed by atoms with Crippen molar-refractivity contribution in [3.8, 4) is 0 Å². The van der Waals surface area contributed by atoms with E-state index < -0.39 is 0 Å². The van der Waals surface area contributed by atoms with Gasteiger partial charge in [0.05, 0.1) is 126 Å². The van der Waals surface area contributed by atoms with Gasteiger partial charge in [0.15, 0.2) is 35.8 Å². The molecule has 44 heteroatoms. The quantitative estimate of drug-likeness (QED) is 0.0310. The lowest BCUT2D eigenvalue weighted by Gasteiger charge is -2.24. The first-order chi connectivity index (χ1) is 70.2. The molecule has 0 saturated heterocycles. The van der Waals surface area contributed by atoms with E-state index in [0.29, 0.717) is 112 Å². The Morgan fingerprint density at radius 3 is 1.18 bits per heavy atom. The maximum absolute atomic E-state index is 5.87. The maximum Gasteiger partial charge on any atom is 0.200 e. The minimum atomic E-state index is 0.121. The highest BCUT2D eigenvalue weighted by molar-refractivity contribution is 6.05. The number of amidine groups is 8. The number of furan rings is 4. The van der Waals surface area contributed by atoms with Crippen LogP contribution in [0.25, 0.3) is 0 Å². The topological polar surface area (TPSA) is 585 Å². The standard InChI is InChI=1S/C15H25N5.C14H23N5O.2C13H21N5.2C12H19N5O.C12H19N5.C11H17N5O/c1-12-11-17-14(19(2)3)10-15(18-12)20(4)9-7-13-6-5-8-16-13;1-11-10-15-13(18(2)3)17-14(16-11)19(4)8-7-12-6-5-9-20-12;1-10-9-16-12(14)8-13(17-10)18(2)7-5-11-4-3-6-15-11;1-9-10(2)18-13(8-12(14)17-9)16-7-5-11-4-3-6-15-11;1-9-8-14-11(13)16-12(15-9)17(2)6-5-10-4-3-7-18-10;1-8-9(2)16-12(17-11(13)15-8)14-6-5-10-4-3-7-18-10;1-9-8-16-11(13)7-12(17-9)15-6-4-10-3-2-5-14-10;1-8-7-14-10(12)16-11(15-8)13-5-4-9-3-2-6-17-9/h5-6,8,12,16H,7,9-11H2,1-4H3;5-6,9,11H,7-8,10H2,1-4H3,(H,15,16,17);3-4,6,10,15H,5,7-9H2,1-2H3,(H2,14,16);3-4,6,9-10,15H,5,7-8H2,1-2H3,(H2,14,17)(H,16,18);3-4,7,9H,5-6,8H2,1-2H3,(H3,13,14,15,16);3-4,7-9H,5-6H2,1-2H3,(H4,13,14,15,16,17);2-3,5,9,14H,4,6-8H2,1H3,(H2,13,16)(H,15,17);2-3,6,8H,4-5,7H2,1H3,(H4,12,13,14,15,16). The van der Waals surface area contributed by atoms with E-state index in [9.17, 15) is 0 Å².